The number of methoxy groups -OCH3 is 1. The minimum Gasteiger partial charge on any atom is -0.465 e. The van der Waals surface area contributed by atoms with Gasteiger partial charge in [-0.3, -0.25) is 9.78 Å². The summed E-state index contributed by atoms with van der Waals surface area (Å²) in [5, 5.41) is 6.12. The Morgan fingerprint density at radius 3 is 3.00 bits per heavy atom. The molecule has 0 bridgehead atoms. The van der Waals surface area contributed by atoms with E-state index in [1.54, 1.807) is 12.1 Å². The molecular formula is C13H17N3O3. The molecular weight excluding hydrogens is 246 g/mol. The highest BCUT2D eigenvalue weighted by molar-refractivity contribution is 5.88. The Hall–Kier alpha value is -1.95. The fourth-order valence-corrected chi connectivity index (χ4v) is 1.97. The van der Waals surface area contributed by atoms with Crippen LogP contribution in [0.15, 0.2) is 18.3 Å². The van der Waals surface area contributed by atoms with Gasteiger partial charge in [0.1, 0.15) is 0 Å². The Morgan fingerprint density at radius 1 is 1.58 bits per heavy atom. The second kappa shape index (κ2) is 6.29. The minimum atomic E-state index is -0.388. The first kappa shape index (κ1) is 13.5. The maximum atomic E-state index is 11.2. The second-order valence-corrected chi connectivity index (χ2v) is 4.46. The van der Waals surface area contributed by atoms with Gasteiger partial charge in [-0.2, -0.15) is 0 Å². The molecule has 1 saturated heterocycles. The Kier molecular flexibility index (Phi) is 4.46. The van der Waals surface area contributed by atoms with E-state index in [0.717, 1.165) is 18.7 Å². The van der Waals surface area contributed by atoms with Crippen LogP contribution in [0.4, 0.5) is 0 Å². The predicted octanol–water partition coefficient (Wildman–Crippen LogP) is 0.236. The summed E-state index contributed by atoms with van der Waals surface area (Å²) < 4.78 is 4.60. The lowest BCUT2D eigenvalue weighted by atomic mass is 10.2. The van der Waals surface area contributed by atoms with Crippen LogP contribution < -0.4 is 10.6 Å². The van der Waals surface area contributed by atoms with Crippen LogP contribution in [0, 0.1) is 0 Å². The van der Waals surface area contributed by atoms with Crippen molar-refractivity contribution in [3.8, 4) is 0 Å². The van der Waals surface area contributed by atoms with Crippen LogP contribution in [-0.2, 0) is 16.1 Å². The molecule has 0 spiro atoms. The van der Waals surface area contributed by atoms with Crippen molar-refractivity contribution in [3.63, 3.8) is 0 Å². The van der Waals surface area contributed by atoms with Crippen molar-refractivity contribution in [2.24, 2.45) is 0 Å². The maximum absolute atomic E-state index is 11.2. The quantitative estimate of drug-likeness (QED) is 0.744. The van der Waals surface area contributed by atoms with Gasteiger partial charge in [-0.05, 0) is 18.6 Å². The number of nitrogens with one attached hydrogen (secondary N) is 2. The first-order valence-electron chi connectivity index (χ1n) is 6.22. The molecule has 19 heavy (non-hydrogen) atoms. The number of ether oxygens (including phenoxy) is 1. The van der Waals surface area contributed by atoms with E-state index < -0.39 is 0 Å². The summed E-state index contributed by atoms with van der Waals surface area (Å²) in [5.41, 5.74) is 1.28. The normalized spacial score (nSPS) is 18.2. The van der Waals surface area contributed by atoms with E-state index in [9.17, 15) is 9.59 Å². The Bertz CT molecular complexity index is 459. The van der Waals surface area contributed by atoms with Crippen molar-refractivity contribution in [3.05, 3.63) is 29.6 Å². The number of rotatable bonds is 5. The highest BCUT2D eigenvalue weighted by Gasteiger charge is 2.19. The van der Waals surface area contributed by atoms with Crippen LogP contribution in [0.5, 0.6) is 0 Å². The summed E-state index contributed by atoms with van der Waals surface area (Å²) in [6.45, 7) is 1.33. The zero-order chi connectivity index (χ0) is 13.7. The van der Waals surface area contributed by atoms with Crippen molar-refractivity contribution in [2.45, 2.75) is 25.4 Å². The van der Waals surface area contributed by atoms with Gasteiger partial charge in [0.05, 0.1) is 18.4 Å². The molecule has 1 atom stereocenters. The summed E-state index contributed by atoms with van der Waals surface area (Å²) in [6, 6.07) is 3.68. The summed E-state index contributed by atoms with van der Waals surface area (Å²) >= 11 is 0. The van der Waals surface area contributed by atoms with Crippen LogP contribution in [0.2, 0.25) is 0 Å². The van der Waals surface area contributed by atoms with E-state index in [1.807, 2.05) is 0 Å². The Morgan fingerprint density at radius 2 is 2.42 bits per heavy atom. The molecule has 2 heterocycles. The molecule has 0 aliphatic carbocycles. The molecule has 1 amide bonds. The van der Waals surface area contributed by atoms with Gasteiger partial charge in [-0.25, -0.2) is 4.79 Å². The number of aromatic nitrogens is 1. The van der Waals surface area contributed by atoms with Gasteiger partial charge in [-0.1, -0.05) is 0 Å². The van der Waals surface area contributed by atoms with Gasteiger partial charge in [0.15, 0.2) is 0 Å². The summed E-state index contributed by atoms with van der Waals surface area (Å²) in [6.07, 6.45) is 2.99. The van der Waals surface area contributed by atoms with Gasteiger partial charge in [-0.15, -0.1) is 0 Å². The summed E-state index contributed by atoms with van der Waals surface area (Å²) in [4.78, 5) is 26.4. The molecule has 1 aliphatic rings. The molecule has 1 aliphatic heterocycles. The van der Waals surface area contributed by atoms with Crippen molar-refractivity contribution in [1.82, 2.24) is 15.6 Å². The van der Waals surface area contributed by atoms with Gasteiger partial charge in [0.25, 0.3) is 0 Å². The molecule has 6 nitrogen and oxygen atoms in total. The molecule has 102 valence electrons. The Balaban J connectivity index is 1.77. The third-order valence-corrected chi connectivity index (χ3v) is 3.03. The molecule has 1 aromatic heterocycles. The monoisotopic (exact) mass is 263 g/mol. The number of esters is 1. The highest BCUT2D eigenvalue weighted by atomic mass is 16.5. The fourth-order valence-electron chi connectivity index (χ4n) is 1.97. The van der Waals surface area contributed by atoms with Crippen LogP contribution in [0.1, 0.15) is 28.9 Å². The van der Waals surface area contributed by atoms with E-state index >= 15 is 0 Å². The number of hydrogen-bond acceptors (Lipinski definition) is 5. The molecule has 0 radical (unpaired) electrons. The number of hydrogen-bond donors (Lipinski definition) is 2. The zero-order valence-electron chi connectivity index (χ0n) is 10.8. The number of pyridine rings is 1. The largest absolute Gasteiger partial charge is 0.465 e. The van der Waals surface area contributed by atoms with Gasteiger partial charge in [0.2, 0.25) is 5.91 Å². The standard InChI is InChI=1S/C13H17N3O3/c1-19-13(18)9-2-3-10(15-6-9)7-14-8-11-4-5-12(17)16-11/h2-3,6,11,14H,4-5,7-8H2,1H3,(H,16,17). The topological polar surface area (TPSA) is 80.3 Å². The summed E-state index contributed by atoms with van der Waals surface area (Å²) in [5.74, 6) is -0.270. The lowest BCUT2D eigenvalue weighted by Crippen LogP contribution is -2.35. The van der Waals surface area contributed by atoms with Crippen molar-refractivity contribution >= 4 is 11.9 Å². The fraction of sp³-hybridized carbons (Fsp3) is 0.462. The molecule has 6 heteroatoms. The predicted molar refractivity (Wildman–Crippen MR) is 68.4 cm³/mol. The summed E-state index contributed by atoms with van der Waals surface area (Å²) in [7, 11) is 1.34. The first-order chi connectivity index (χ1) is 9.19. The molecule has 2 rings (SSSR count). The van der Waals surface area contributed by atoms with E-state index in [2.05, 4.69) is 20.4 Å². The van der Waals surface area contributed by atoms with Gasteiger partial charge < -0.3 is 15.4 Å². The average Bonchev–Trinajstić information content (AvgIpc) is 2.84. The van der Waals surface area contributed by atoms with Gasteiger partial charge >= 0.3 is 5.97 Å². The zero-order valence-corrected chi connectivity index (χ0v) is 10.8. The number of carbonyl (C=O) groups excluding carboxylic acids is 2. The lowest BCUT2D eigenvalue weighted by molar-refractivity contribution is -0.119. The minimum absolute atomic E-state index is 0.118. The molecule has 1 unspecified atom stereocenters. The van der Waals surface area contributed by atoms with E-state index in [1.165, 1.54) is 13.3 Å². The average molecular weight is 263 g/mol. The smallest absolute Gasteiger partial charge is 0.339 e. The lowest BCUT2D eigenvalue weighted by Gasteiger charge is -2.10. The van der Waals surface area contributed by atoms with Crippen LogP contribution in [0.3, 0.4) is 0 Å². The third kappa shape index (κ3) is 3.75. The van der Waals surface area contributed by atoms with Crippen LogP contribution in [-0.4, -0.2) is 36.6 Å². The second-order valence-electron chi connectivity index (χ2n) is 4.46. The van der Waals surface area contributed by atoms with E-state index in [-0.39, 0.29) is 17.9 Å². The molecule has 0 aromatic carbocycles. The highest BCUT2D eigenvalue weighted by Crippen LogP contribution is 2.06. The molecule has 0 saturated carbocycles. The van der Waals surface area contributed by atoms with Crippen molar-refractivity contribution in [2.75, 3.05) is 13.7 Å². The van der Waals surface area contributed by atoms with E-state index in [0.29, 0.717) is 18.5 Å². The van der Waals surface area contributed by atoms with Crippen LogP contribution in [0.25, 0.3) is 0 Å². The maximum Gasteiger partial charge on any atom is 0.339 e. The number of carbonyl (C=O) groups is 2. The molecule has 1 aromatic rings. The number of amides is 1. The number of nitrogens with zero attached hydrogens (tertiary/aromatic N) is 1. The third-order valence-electron chi connectivity index (χ3n) is 3.03. The molecule has 1 fully saturated rings. The first-order valence-corrected chi connectivity index (χ1v) is 6.22. The molecule has 2 N–H and O–H groups in total. The van der Waals surface area contributed by atoms with Gasteiger partial charge in [0, 0.05) is 31.7 Å². The van der Waals surface area contributed by atoms with Crippen molar-refractivity contribution < 1.29 is 14.3 Å². The van der Waals surface area contributed by atoms with E-state index in [4.69, 9.17) is 0 Å². The Labute approximate surface area is 111 Å². The van der Waals surface area contributed by atoms with Crippen molar-refractivity contribution in [1.29, 1.82) is 0 Å². The SMILES string of the molecule is COC(=O)c1ccc(CNCC2CCC(=O)N2)nc1. The van der Waals surface area contributed by atoms with Crippen LogP contribution >= 0.6 is 0 Å².